The van der Waals surface area contributed by atoms with Crippen molar-refractivity contribution in [1.82, 2.24) is 15.3 Å². The Balaban J connectivity index is 3.19. The van der Waals surface area contributed by atoms with Gasteiger partial charge in [-0.15, -0.1) is 0 Å². The summed E-state index contributed by atoms with van der Waals surface area (Å²) in [5, 5.41) is 18.9. The van der Waals surface area contributed by atoms with Crippen molar-refractivity contribution in [3.8, 4) is 0 Å². The summed E-state index contributed by atoms with van der Waals surface area (Å²) in [7, 11) is 3.09. The molecule has 0 aromatic carbocycles. The van der Waals surface area contributed by atoms with Crippen LogP contribution in [0.25, 0.3) is 0 Å². The van der Waals surface area contributed by atoms with E-state index in [4.69, 9.17) is 0 Å². The summed E-state index contributed by atoms with van der Waals surface area (Å²) in [5.74, 6) is -0.0378. The number of nitro groups is 1. The molecule has 1 aromatic heterocycles. The lowest BCUT2D eigenvalue weighted by molar-refractivity contribution is -0.385. The molecule has 0 bridgehead atoms. The van der Waals surface area contributed by atoms with Gasteiger partial charge in [0.2, 0.25) is 17.7 Å². The van der Waals surface area contributed by atoms with Crippen molar-refractivity contribution < 1.29 is 9.72 Å². The summed E-state index contributed by atoms with van der Waals surface area (Å²) in [6, 6.07) is -0.650. The molecule has 1 heterocycles. The molecule has 1 atom stereocenters. The van der Waals surface area contributed by atoms with Gasteiger partial charge >= 0.3 is 5.69 Å². The summed E-state index contributed by atoms with van der Waals surface area (Å²) in [6.07, 6.45) is 0. The van der Waals surface area contributed by atoms with Crippen molar-refractivity contribution >= 4 is 23.4 Å². The maximum atomic E-state index is 11.4. The highest BCUT2D eigenvalue weighted by atomic mass is 16.6. The first kappa shape index (κ1) is 14.6. The lowest BCUT2D eigenvalue weighted by atomic mass is 10.3. The summed E-state index contributed by atoms with van der Waals surface area (Å²) in [5.41, 5.74) is -0.0225. The number of aromatic nitrogens is 2. The SMILES string of the molecule is CNC(=O)C(C)Nc1nc(NC)nc(C)c1[N+](=O)[O-]. The third-order valence-electron chi connectivity index (χ3n) is 2.46. The predicted octanol–water partition coefficient (Wildman–Crippen LogP) is 0.281. The van der Waals surface area contributed by atoms with E-state index in [2.05, 4.69) is 25.9 Å². The number of amides is 1. The van der Waals surface area contributed by atoms with E-state index in [1.54, 1.807) is 14.0 Å². The Labute approximate surface area is 110 Å². The van der Waals surface area contributed by atoms with Gasteiger partial charge < -0.3 is 16.0 Å². The van der Waals surface area contributed by atoms with Crippen molar-refractivity contribution in [1.29, 1.82) is 0 Å². The van der Waals surface area contributed by atoms with Gasteiger partial charge in [-0.25, -0.2) is 4.98 Å². The number of anilines is 2. The molecule has 0 aliphatic rings. The normalized spacial score (nSPS) is 11.6. The van der Waals surface area contributed by atoms with Crippen molar-refractivity contribution in [2.75, 3.05) is 24.7 Å². The van der Waals surface area contributed by atoms with E-state index >= 15 is 0 Å². The number of carbonyl (C=O) groups excluding carboxylic acids is 1. The standard InChI is InChI=1S/C10H16N6O3/c1-5-7(16(18)19)8(15-10(12-4)14-5)13-6(2)9(17)11-3/h6H,1-4H3,(H,11,17)(H2,12,13,14,15). The molecule has 0 radical (unpaired) electrons. The van der Waals surface area contributed by atoms with Crippen LogP contribution in [0.1, 0.15) is 12.6 Å². The lowest BCUT2D eigenvalue weighted by Crippen LogP contribution is -2.35. The fourth-order valence-corrected chi connectivity index (χ4v) is 1.49. The smallest absolute Gasteiger partial charge is 0.332 e. The highest BCUT2D eigenvalue weighted by Gasteiger charge is 2.24. The number of nitrogens with zero attached hydrogens (tertiary/aromatic N) is 3. The molecule has 0 fully saturated rings. The van der Waals surface area contributed by atoms with E-state index in [0.29, 0.717) is 0 Å². The number of aryl methyl sites for hydroxylation is 1. The zero-order valence-electron chi connectivity index (χ0n) is 11.1. The van der Waals surface area contributed by atoms with Gasteiger partial charge in [0.25, 0.3) is 0 Å². The molecule has 0 saturated carbocycles. The topological polar surface area (TPSA) is 122 Å². The molecule has 0 aliphatic heterocycles. The van der Waals surface area contributed by atoms with Crippen LogP contribution in [-0.4, -0.2) is 40.9 Å². The molecule has 9 heteroatoms. The molecular weight excluding hydrogens is 252 g/mol. The molecule has 9 nitrogen and oxygen atoms in total. The lowest BCUT2D eigenvalue weighted by Gasteiger charge is -2.14. The van der Waals surface area contributed by atoms with Crippen molar-refractivity contribution in [3.05, 3.63) is 15.8 Å². The quantitative estimate of drug-likeness (QED) is 0.517. The highest BCUT2D eigenvalue weighted by molar-refractivity contribution is 5.84. The minimum atomic E-state index is -0.650. The van der Waals surface area contributed by atoms with Crippen molar-refractivity contribution in [3.63, 3.8) is 0 Å². The van der Waals surface area contributed by atoms with Gasteiger partial charge in [-0.05, 0) is 13.8 Å². The van der Waals surface area contributed by atoms with Gasteiger partial charge in [0.15, 0.2) is 0 Å². The van der Waals surface area contributed by atoms with Crippen LogP contribution in [0.5, 0.6) is 0 Å². The molecule has 0 aliphatic carbocycles. The van der Waals surface area contributed by atoms with Gasteiger partial charge in [0.05, 0.1) is 4.92 Å². The second kappa shape index (κ2) is 5.94. The molecule has 0 spiro atoms. The fourth-order valence-electron chi connectivity index (χ4n) is 1.49. The Kier molecular flexibility index (Phi) is 4.56. The summed E-state index contributed by atoms with van der Waals surface area (Å²) in [4.78, 5) is 29.8. The Morgan fingerprint density at radius 2 is 2.00 bits per heavy atom. The van der Waals surface area contributed by atoms with Crippen LogP contribution in [0.4, 0.5) is 17.5 Å². The average molecular weight is 268 g/mol. The van der Waals surface area contributed by atoms with E-state index in [0.717, 1.165) is 0 Å². The molecule has 104 valence electrons. The van der Waals surface area contributed by atoms with Crippen LogP contribution < -0.4 is 16.0 Å². The minimum absolute atomic E-state index is 0.0120. The zero-order chi connectivity index (χ0) is 14.6. The van der Waals surface area contributed by atoms with Gasteiger partial charge in [0.1, 0.15) is 11.7 Å². The van der Waals surface area contributed by atoms with E-state index in [-0.39, 0.29) is 29.1 Å². The third-order valence-corrected chi connectivity index (χ3v) is 2.46. The van der Waals surface area contributed by atoms with Crippen LogP contribution in [-0.2, 0) is 4.79 Å². The monoisotopic (exact) mass is 268 g/mol. The van der Waals surface area contributed by atoms with Crippen LogP contribution in [0.15, 0.2) is 0 Å². The van der Waals surface area contributed by atoms with Crippen LogP contribution in [0, 0.1) is 17.0 Å². The largest absolute Gasteiger partial charge is 0.357 e. The first-order valence-electron chi connectivity index (χ1n) is 5.59. The number of rotatable bonds is 5. The molecular formula is C10H16N6O3. The van der Waals surface area contributed by atoms with Gasteiger partial charge in [-0.2, -0.15) is 4.98 Å². The molecule has 1 amide bonds. The van der Waals surface area contributed by atoms with Gasteiger partial charge in [-0.1, -0.05) is 0 Å². The number of hydrogen-bond donors (Lipinski definition) is 3. The number of likely N-dealkylation sites (N-methyl/N-ethyl adjacent to an activating group) is 1. The Morgan fingerprint density at radius 3 is 2.47 bits per heavy atom. The van der Waals surface area contributed by atoms with Crippen LogP contribution >= 0.6 is 0 Å². The number of nitrogens with one attached hydrogen (secondary N) is 3. The van der Waals surface area contributed by atoms with Crippen LogP contribution in [0.2, 0.25) is 0 Å². The Morgan fingerprint density at radius 1 is 1.37 bits per heavy atom. The summed E-state index contributed by atoms with van der Waals surface area (Å²) in [6.45, 7) is 3.09. The fraction of sp³-hybridized carbons (Fsp3) is 0.500. The van der Waals surface area contributed by atoms with E-state index in [1.165, 1.54) is 14.0 Å². The Hall–Kier alpha value is -2.45. The van der Waals surface area contributed by atoms with Crippen LogP contribution in [0.3, 0.4) is 0 Å². The molecule has 0 saturated heterocycles. The predicted molar refractivity (Wildman–Crippen MR) is 70.1 cm³/mol. The maximum absolute atomic E-state index is 11.4. The molecule has 19 heavy (non-hydrogen) atoms. The second-order valence-electron chi connectivity index (χ2n) is 3.82. The number of carbonyl (C=O) groups is 1. The first-order chi connectivity index (χ1) is 8.90. The molecule has 1 aromatic rings. The maximum Gasteiger partial charge on any atom is 0.332 e. The highest BCUT2D eigenvalue weighted by Crippen LogP contribution is 2.26. The van der Waals surface area contributed by atoms with E-state index in [1.807, 2.05) is 0 Å². The van der Waals surface area contributed by atoms with E-state index in [9.17, 15) is 14.9 Å². The first-order valence-corrected chi connectivity index (χ1v) is 5.59. The third kappa shape index (κ3) is 3.27. The molecule has 1 rings (SSSR count). The van der Waals surface area contributed by atoms with Gasteiger partial charge in [-0.3, -0.25) is 14.9 Å². The summed E-state index contributed by atoms with van der Waals surface area (Å²) >= 11 is 0. The summed E-state index contributed by atoms with van der Waals surface area (Å²) < 4.78 is 0. The zero-order valence-corrected chi connectivity index (χ0v) is 11.1. The van der Waals surface area contributed by atoms with Gasteiger partial charge in [0, 0.05) is 14.1 Å². The second-order valence-corrected chi connectivity index (χ2v) is 3.82. The number of hydrogen-bond acceptors (Lipinski definition) is 7. The minimum Gasteiger partial charge on any atom is -0.357 e. The molecule has 3 N–H and O–H groups in total. The molecule has 1 unspecified atom stereocenters. The van der Waals surface area contributed by atoms with E-state index < -0.39 is 11.0 Å². The van der Waals surface area contributed by atoms with Crippen molar-refractivity contribution in [2.45, 2.75) is 19.9 Å². The average Bonchev–Trinajstić information content (AvgIpc) is 2.36. The Bertz CT molecular complexity index is 504. The van der Waals surface area contributed by atoms with Crippen molar-refractivity contribution in [2.24, 2.45) is 0 Å².